The van der Waals surface area contributed by atoms with Crippen molar-refractivity contribution in [1.29, 1.82) is 0 Å². The summed E-state index contributed by atoms with van der Waals surface area (Å²) in [6, 6.07) is 0. The number of unbranched alkanes of at least 4 members (excludes halogenated alkanes) is 2. The topological polar surface area (TPSA) is 38.3 Å². The van der Waals surface area contributed by atoms with Crippen molar-refractivity contribution in [1.82, 2.24) is 5.32 Å². The zero-order chi connectivity index (χ0) is 8.53. The number of carbonyl (C=O) groups excluding carboxylic acids is 1. The number of hydrogen-bond acceptors (Lipinski definition) is 2. The average Bonchev–Trinajstić information content (AvgIpc) is 1.99. The van der Waals surface area contributed by atoms with Crippen LogP contribution in [-0.2, 0) is 9.53 Å². The first kappa shape index (κ1) is 10.4. The monoisotopic (exact) mass is 161 g/mol. The van der Waals surface area contributed by atoms with Crippen LogP contribution in [0.5, 0.6) is 0 Å². The van der Waals surface area contributed by atoms with Gasteiger partial charge in [-0.05, 0) is 6.42 Å². The predicted molar refractivity (Wildman–Crippen MR) is 46.5 cm³/mol. The van der Waals surface area contributed by atoms with Gasteiger partial charge in [0.2, 0.25) is 5.91 Å². The molecule has 11 heavy (non-hydrogen) atoms. The average molecular weight is 161 g/mol. The molecular weight excluding hydrogens is 142 g/mol. The van der Waals surface area contributed by atoms with Gasteiger partial charge in [0, 0.05) is 15.1 Å². The van der Waals surface area contributed by atoms with Crippen LogP contribution in [0, 0.1) is 0 Å². The van der Waals surface area contributed by atoms with Crippen molar-refractivity contribution >= 4 is 5.91 Å². The van der Waals surface area contributed by atoms with E-state index in [0.29, 0.717) is 0 Å². The maximum absolute atomic E-state index is 10.8. The SMILES string of the molecule is CCCCCNC(=O)COC.[HH]. The second-order valence-electron chi connectivity index (χ2n) is 2.49. The first-order chi connectivity index (χ1) is 5.31. The van der Waals surface area contributed by atoms with Crippen molar-refractivity contribution in [3.05, 3.63) is 0 Å². The molecule has 0 radical (unpaired) electrons. The highest BCUT2D eigenvalue weighted by Crippen LogP contribution is 1.90. The van der Waals surface area contributed by atoms with Gasteiger partial charge in [-0.2, -0.15) is 0 Å². The zero-order valence-electron chi connectivity index (χ0n) is 7.35. The molecule has 3 nitrogen and oxygen atoms in total. The van der Waals surface area contributed by atoms with E-state index in [2.05, 4.69) is 17.0 Å². The number of carbonyl (C=O) groups is 1. The Hall–Kier alpha value is -0.570. The van der Waals surface area contributed by atoms with Crippen molar-refractivity contribution in [3.8, 4) is 0 Å². The van der Waals surface area contributed by atoms with E-state index in [4.69, 9.17) is 0 Å². The molecule has 0 bridgehead atoms. The summed E-state index contributed by atoms with van der Waals surface area (Å²) in [7, 11) is 1.52. The fraction of sp³-hybridized carbons (Fsp3) is 0.875. The van der Waals surface area contributed by atoms with Crippen LogP contribution in [0.15, 0.2) is 0 Å². The normalized spacial score (nSPS) is 9.64. The van der Waals surface area contributed by atoms with Gasteiger partial charge in [0.15, 0.2) is 0 Å². The standard InChI is InChI=1S/C8H17NO2.H2/c1-3-4-5-6-9-8(10)7-11-2;/h3-7H2,1-2H3,(H,9,10);1H. The van der Waals surface area contributed by atoms with E-state index in [9.17, 15) is 4.79 Å². The highest BCUT2D eigenvalue weighted by molar-refractivity contribution is 5.77. The molecule has 0 unspecified atom stereocenters. The number of methoxy groups -OCH3 is 1. The lowest BCUT2D eigenvalue weighted by molar-refractivity contribution is -0.124. The van der Waals surface area contributed by atoms with E-state index in [1.807, 2.05) is 0 Å². The molecule has 0 rings (SSSR count). The summed E-state index contributed by atoms with van der Waals surface area (Å²) in [5, 5.41) is 2.75. The Kier molecular flexibility index (Phi) is 7.15. The summed E-state index contributed by atoms with van der Waals surface area (Å²) in [6.07, 6.45) is 3.42. The summed E-state index contributed by atoms with van der Waals surface area (Å²) in [6.45, 7) is 3.08. The lowest BCUT2D eigenvalue weighted by Gasteiger charge is -2.02. The Morgan fingerprint density at radius 2 is 2.27 bits per heavy atom. The molecule has 0 saturated heterocycles. The molecule has 0 aromatic carbocycles. The number of ether oxygens (including phenoxy) is 1. The molecule has 0 aromatic heterocycles. The highest BCUT2D eigenvalue weighted by atomic mass is 16.5. The maximum Gasteiger partial charge on any atom is 0.245 e. The van der Waals surface area contributed by atoms with E-state index in [1.54, 1.807) is 0 Å². The third-order valence-corrected chi connectivity index (χ3v) is 1.38. The van der Waals surface area contributed by atoms with Gasteiger partial charge in [0.25, 0.3) is 0 Å². The van der Waals surface area contributed by atoms with Crippen LogP contribution in [-0.4, -0.2) is 26.2 Å². The number of nitrogens with one attached hydrogen (secondary N) is 1. The second kappa shape index (κ2) is 7.54. The second-order valence-corrected chi connectivity index (χ2v) is 2.49. The van der Waals surface area contributed by atoms with E-state index in [-0.39, 0.29) is 13.9 Å². The van der Waals surface area contributed by atoms with Gasteiger partial charge in [0.1, 0.15) is 6.61 Å². The third-order valence-electron chi connectivity index (χ3n) is 1.38. The minimum Gasteiger partial charge on any atom is -0.375 e. The van der Waals surface area contributed by atoms with Gasteiger partial charge in [-0.1, -0.05) is 19.8 Å². The number of hydrogen-bond donors (Lipinski definition) is 1. The molecule has 0 spiro atoms. The summed E-state index contributed by atoms with van der Waals surface area (Å²) in [5.41, 5.74) is 0. The molecule has 0 saturated carbocycles. The molecule has 0 atom stereocenters. The van der Waals surface area contributed by atoms with Gasteiger partial charge in [-0.3, -0.25) is 4.79 Å². The molecule has 0 aromatic rings. The van der Waals surface area contributed by atoms with Crippen molar-refractivity contribution < 1.29 is 11.0 Å². The van der Waals surface area contributed by atoms with Gasteiger partial charge >= 0.3 is 0 Å². The lowest BCUT2D eigenvalue weighted by atomic mass is 10.2. The van der Waals surface area contributed by atoms with E-state index in [0.717, 1.165) is 13.0 Å². The molecule has 68 valence electrons. The predicted octanol–water partition coefficient (Wildman–Crippen LogP) is 1.19. The van der Waals surface area contributed by atoms with Gasteiger partial charge < -0.3 is 10.1 Å². The Morgan fingerprint density at radius 1 is 1.55 bits per heavy atom. The van der Waals surface area contributed by atoms with E-state index >= 15 is 0 Å². The fourth-order valence-electron chi connectivity index (χ4n) is 0.785. The van der Waals surface area contributed by atoms with Crippen molar-refractivity contribution in [3.63, 3.8) is 0 Å². The van der Waals surface area contributed by atoms with Crippen LogP contribution in [0.25, 0.3) is 0 Å². The van der Waals surface area contributed by atoms with Gasteiger partial charge in [-0.15, -0.1) is 0 Å². The Morgan fingerprint density at radius 3 is 2.82 bits per heavy atom. The molecule has 3 heteroatoms. The first-order valence-electron chi connectivity index (χ1n) is 4.07. The minimum atomic E-state index is -0.0244. The summed E-state index contributed by atoms with van der Waals surface area (Å²) < 4.78 is 4.65. The van der Waals surface area contributed by atoms with Crippen LogP contribution in [0.4, 0.5) is 0 Å². The van der Waals surface area contributed by atoms with Crippen LogP contribution in [0.3, 0.4) is 0 Å². The smallest absolute Gasteiger partial charge is 0.245 e. The molecule has 0 aliphatic rings. The molecule has 1 amide bonds. The third kappa shape index (κ3) is 7.33. The van der Waals surface area contributed by atoms with Crippen molar-refractivity contribution in [2.75, 3.05) is 20.3 Å². The Bertz CT molecular complexity index is 109. The summed E-state index contributed by atoms with van der Waals surface area (Å²) >= 11 is 0. The zero-order valence-corrected chi connectivity index (χ0v) is 7.35. The fourth-order valence-corrected chi connectivity index (χ4v) is 0.785. The van der Waals surface area contributed by atoms with E-state index < -0.39 is 0 Å². The molecule has 0 aliphatic heterocycles. The lowest BCUT2D eigenvalue weighted by Crippen LogP contribution is -2.27. The quantitative estimate of drug-likeness (QED) is 0.594. The molecule has 0 heterocycles. The van der Waals surface area contributed by atoms with Crippen molar-refractivity contribution in [2.24, 2.45) is 0 Å². The molecule has 1 N–H and O–H groups in total. The van der Waals surface area contributed by atoms with Crippen LogP contribution >= 0.6 is 0 Å². The molecule has 0 fully saturated rings. The van der Waals surface area contributed by atoms with Gasteiger partial charge in [-0.25, -0.2) is 0 Å². The van der Waals surface area contributed by atoms with E-state index in [1.165, 1.54) is 20.0 Å². The minimum absolute atomic E-state index is 0. The highest BCUT2D eigenvalue weighted by Gasteiger charge is 1.96. The molecular formula is C8H19NO2. The summed E-state index contributed by atoms with van der Waals surface area (Å²) in [4.78, 5) is 10.8. The van der Waals surface area contributed by atoms with Gasteiger partial charge in [0.05, 0.1) is 0 Å². The number of amides is 1. The van der Waals surface area contributed by atoms with Crippen LogP contribution in [0.2, 0.25) is 0 Å². The number of rotatable bonds is 6. The van der Waals surface area contributed by atoms with Crippen LogP contribution < -0.4 is 5.32 Å². The maximum atomic E-state index is 10.8. The Labute approximate surface area is 69.6 Å². The molecule has 0 aliphatic carbocycles. The Balaban J connectivity index is 0. The first-order valence-corrected chi connectivity index (χ1v) is 4.07. The summed E-state index contributed by atoms with van der Waals surface area (Å²) in [5.74, 6) is -0.0244. The van der Waals surface area contributed by atoms with Crippen LogP contribution in [0.1, 0.15) is 27.6 Å². The largest absolute Gasteiger partial charge is 0.375 e. The van der Waals surface area contributed by atoms with Crippen molar-refractivity contribution in [2.45, 2.75) is 26.2 Å².